The Balaban J connectivity index is 1.83. The summed E-state index contributed by atoms with van der Waals surface area (Å²) in [4.78, 5) is 12.6. The molecule has 0 heterocycles. The van der Waals surface area contributed by atoms with E-state index in [2.05, 4.69) is 26.5 Å². The lowest BCUT2D eigenvalue weighted by Crippen LogP contribution is -2.39. The number of hydrogen-bond donors (Lipinski definition) is 1. The highest BCUT2D eigenvalue weighted by molar-refractivity contribution is 9.10. The summed E-state index contributed by atoms with van der Waals surface area (Å²) >= 11 is 9.19. The van der Waals surface area contributed by atoms with Gasteiger partial charge in [0.05, 0.1) is 16.8 Å². The highest BCUT2D eigenvalue weighted by Gasteiger charge is 2.27. The first kappa shape index (κ1) is 23.0. The first-order valence-corrected chi connectivity index (χ1v) is 11.8. The highest BCUT2D eigenvalue weighted by Crippen LogP contribution is 2.26. The number of carbonyl (C=O) groups excluding carboxylic acids is 1. The second-order valence-electron chi connectivity index (χ2n) is 6.65. The molecule has 0 bridgehead atoms. The number of benzene rings is 3. The molecule has 160 valence electrons. The largest absolute Gasteiger partial charge is 0.271 e. The number of nitrogens with one attached hydrogen (secondary N) is 1. The second-order valence-corrected chi connectivity index (χ2v) is 9.86. The van der Waals surface area contributed by atoms with Gasteiger partial charge in [0.25, 0.3) is 15.9 Å². The first-order valence-electron chi connectivity index (χ1n) is 9.18. The fourth-order valence-corrected chi connectivity index (χ4v) is 4.60. The molecule has 0 aliphatic heterocycles. The number of rotatable bonds is 7. The van der Waals surface area contributed by atoms with Crippen LogP contribution in [0.15, 0.2) is 87.3 Å². The van der Waals surface area contributed by atoms with Gasteiger partial charge in [0.2, 0.25) is 0 Å². The van der Waals surface area contributed by atoms with Gasteiger partial charge in [-0.2, -0.15) is 5.10 Å². The highest BCUT2D eigenvalue weighted by atomic mass is 79.9. The average molecular weight is 521 g/mol. The number of anilines is 1. The maximum atomic E-state index is 13.3. The number of aryl methyl sites for hydroxylation is 1. The smallest absolute Gasteiger partial charge is 0.264 e. The first-order chi connectivity index (χ1) is 14.8. The van der Waals surface area contributed by atoms with E-state index in [9.17, 15) is 13.2 Å². The molecule has 0 saturated carbocycles. The molecule has 31 heavy (non-hydrogen) atoms. The molecular formula is C22H19BrClN3O3S. The van der Waals surface area contributed by atoms with Crippen molar-refractivity contribution < 1.29 is 13.2 Å². The summed E-state index contributed by atoms with van der Waals surface area (Å²) in [6, 6.07) is 20.1. The lowest BCUT2D eigenvalue weighted by Gasteiger charge is -2.24. The van der Waals surface area contributed by atoms with Crippen molar-refractivity contribution in [3.8, 4) is 0 Å². The molecule has 3 aromatic rings. The third kappa shape index (κ3) is 6.16. The molecule has 0 fully saturated rings. The fraction of sp³-hybridized carbons (Fsp3) is 0.0909. The Morgan fingerprint density at radius 2 is 1.77 bits per heavy atom. The molecule has 9 heteroatoms. The van der Waals surface area contributed by atoms with Crippen molar-refractivity contribution in [1.82, 2.24) is 5.43 Å². The van der Waals surface area contributed by atoms with E-state index in [0.29, 0.717) is 15.2 Å². The van der Waals surface area contributed by atoms with Crippen LogP contribution in [0.4, 0.5) is 5.69 Å². The van der Waals surface area contributed by atoms with Gasteiger partial charge in [0.15, 0.2) is 0 Å². The minimum Gasteiger partial charge on any atom is -0.271 e. The van der Waals surface area contributed by atoms with Crippen molar-refractivity contribution >= 4 is 55.4 Å². The Hall–Kier alpha value is -2.68. The van der Waals surface area contributed by atoms with Crippen molar-refractivity contribution in [2.75, 3.05) is 10.8 Å². The van der Waals surface area contributed by atoms with E-state index in [0.717, 1.165) is 15.4 Å². The summed E-state index contributed by atoms with van der Waals surface area (Å²) in [6.45, 7) is 1.43. The lowest BCUT2D eigenvalue weighted by atomic mass is 10.2. The summed E-state index contributed by atoms with van der Waals surface area (Å²) in [5, 5.41) is 4.49. The van der Waals surface area contributed by atoms with Gasteiger partial charge in [-0.3, -0.25) is 9.10 Å². The van der Waals surface area contributed by atoms with Gasteiger partial charge < -0.3 is 0 Å². The number of nitrogens with zero attached hydrogens (tertiary/aromatic N) is 2. The quantitative estimate of drug-likeness (QED) is 0.360. The monoisotopic (exact) mass is 519 g/mol. The predicted molar refractivity (Wildman–Crippen MR) is 127 cm³/mol. The van der Waals surface area contributed by atoms with E-state index in [-0.39, 0.29) is 4.90 Å². The van der Waals surface area contributed by atoms with E-state index in [1.807, 2.05) is 6.92 Å². The van der Waals surface area contributed by atoms with Crippen LogP contribution in [0.3, 0.4) is 0 Å². The Morgan fingerprint density at radius 1 is 1.10 bits per heavy atom. The fourth-order valence-electron chi connectivity index (χ4n) is 2.68. The zero-order valence-corrected chi connectivity index (χ0v) is 19.7. The van der Waals surface area contributed by atoms with Crippen LogP contribution < -0.4 is 9.73 Å². The average Bonchev–Trinajstić information content (AvgIpc) is 2.73. The van der Waals surface area contributed by atoms with Gasteiger partial charge >= 0.3 is 0 Å². The van der Waals surface area contributed by atoms with Crippen LogP contribution in [0.25, 0.3) is 0 Å². The lowest BCUT2D eigenvalue weighted by molar-refractivity contribution is -0.119. The van der Waals surface area contributed by atoms with Crippen LogP contribution in [0.5, 0.6) is 0 Å². The van der Waals surface area contributed by atoms with Gasteiger partial charge in [-0.1, -0.05) is 63.4 Å². The topological polar surface area (TPSA) is 78.8 Å². The molecule has 0 unspecified atom stereocenters. The molecule has 0 radical (unpaired) electrons. The molecule has 6 nitrogen and oxygen atoms in total. The van der Waals surface area contributed by atoms with Crippen LogP contribution in [0, 0.1) is 6.92 Å². The maximum Gasteiger partial charge on any atom is 0.264 e. The zero-order valence-electron chi connectivity index (χ0n) is 16.5. The van der Waals surface area contributed by atoms with Gasteiger partial charge in [-0.15, -0.1) is 0 Å². The number of halogens is 2. The van der Waals surface area contributed by atoms with E-state index in [4.69, 9.17) is 11.6 Å². The molecule has 0 aliphatic carbocycles. The summed E-state index contributed by atoms with van der Waals surface area (Å²) in [5.41, 5.74) is 4.40. The standard InChI is InChI=1S/C22H19BrClN3O3S/c1-16-5-11-21(12-6-16)31(29,30)27(20-4-2-3-18(23)13-20)15-22(28)26-25-14-17-7-9-19(24)10-8-17/h2-14H,15H2,1H3,(H,26,28)/b25-14-. The van der Waals surface area contributed by atoms with Gasteiger partial charge in [-0.25, -0.2) is 13.8 Å². The number of amides is 1. The third-order valence-electron chi connectivity index (χ3n) is 4.27. The van der Waals surface area contributed by atoms with Gasteiger partial charge in [-0.05, 0) is 55.0 Å². The van der Waals surface area contributed by atoms with E-state index in [1.165, 1.54) is 18.3 Å². The summed E-state index contributed by atoms with van der Waals surface area (Å²) < 4.78 is 28.3. The summed E-state index contributed by atoms with van der Waals surface area (Å²) in [6.07, 6.45) is 1.45. The zero-order chi connectivity index (χ0) is 22.4. The summed E-state index contributed by atoms with van der Waals surface area (Å²) in [5.74, 6) is -0.583. The van der Waals surface area contributed by atoms with Crippen LogP contribution >= 0.6 is 27.5 Å². The molecule has 0 saturated heterocycles. The van der Waals surface area contributed by atoms with E-state index in [1.54, 1.807) is 60.7 Å². The number of sulfonamides is 1. The predicted octanol–water partition coefficient (Wildman–Crippen LogP) is 4.76. The number of carbonyl (C=O) groups is 1. The summed E-state index contributed by atoms with van der Waals surface area (Å²) in [7, 11) is -3.98. The molecule has 0 aromatic heterocycles. The maximum absolute atomic E-state index is 13.3. The Morgan fingerprint density at radius 3 is 2.42 bits per heavy atom. The second kappa shape index (κ2) is 10.1. The van der Waals surface area contributed by atoms with Crippen LogP contribution in [-0.2, 0) is 14.8 Å². The third-order valence-corrected chi connectivity index (χ3v) is 6.80. The number of hydrazone groups is 1. The van der Waals surface area contributed by atoms with Crippen molar-refractivity contribution in [1.29, 1.82) is 0 Å². The molecule has 0 atom stereocenters. The molecule has 0 spiro atoms. The van der Waals surface area contributed by atoms with E-state index >= 15 is 0 Å². The number of hydrogen-bond acceptors (Lipinski definition) is 4. The molecule has 3 rings (SSSR count). The van der Waals surface area contributed by atoms with Gasteiger partial charge in [0.1, 0.15) is 6.54 Å². The Labute approximate surface area is 194 Å². The SMILES string of the molecule is Cc1ccc(S(=O)(=O)N(CC(=O)N/N=C\c2ccc(Cl)cc2)c2cccc(Br)c2)cc1. The van der Waals surface area contributed by atoms with Crippen molar-refractivity contribution in [3.63, 3.8) is 0 Å². The van der Waals surface area contributed by atoms with Crippen LogP contribution in [-0.4, -0.2) is 27.1 Å². The Kier molecular flexibility index (Phi) is 7.48. The molecule has 0 aliphatic rings. The van der Waals surface area contributed by atoms with E-state index < -0.39 is 22.5 Å². The molecule has 1 amide bonds. The minimum atomic E-state index is -3.98. The Bertz CT molecular complexity index is 1200. The minimum absolute atomic E-state index is 0.0931. The van der Waals surface area contributed by atoms with Gasteiger partial charge in [0, 0.05) is 9.50 Å². The van der Waals surface area contributed by atoms with Crippen molar-refractivity contribution in [2.24, 2.45) is 5.10 Å². The van der Waals surface area contributed by atoms with Crippen LogP contribution in [0.1, 0.15) is 11.1 Å². The molecule has 1 N–H and O–H groups in total. The molecular weight excluding hydrogens is 502 g/mol. The van der Waals surface area contributed by atoms with Crippen LogP contribution in [0.2, 0.25) is 5.02 Å². The van der Waals surface area contributed by atoms with Crippen molar-refractivity contribution in [2.45, 2.75) is 11.8 Å². The normalized spacial score (nSPS) is 11.5. The van der Waals surface area contributed by atoms with Crippen molar-refractivity contribution in [3.05, 3.63) is 93.4 Å². The molecule has 3 aromatic carbocycles.